The molecule has 4 heteroatoms. The number of rotatable bonds is 6. The number of hydrogen-bond acceptors (Lipinski definition) is 3. The van der Waals surface area contributed by atoms with E-state index in [0.717, 1.165) is 24.6 Å². The van der Waals surface area contributed by atoms with Gasteiger partial charge in [0.15, 0.2) is 0 Å². The van der Waals surface area contributed by atoms with E-state index in [1.54, 1.807) is 0 Å². The smallest absolute Gasteiger partial charge is 0.203 e. The fourth-order valence-electron chi connectivity index (χ4n) is 1.91. The summed E-state index contributed by atoms with van der Waals surface area (Å²) in [7, 11) is 0. The quantitative estimate of drug-likeness (QED) is 0.794. The van der Waals surface area contributed by atoms with Crippen LogP contribution >= 0.6 is 0 Å². The average molecular weight is 244 g/mol. The molecule has 0 saturated heterocycles. The molecule has 2 heterocycles. The zero-order chi connectivity index (χ0) is 12.8. The summed E-state index contributed by atoms with van der Waals surface area (Å²) in [5.74, 6) is 0.918. The van der Waals surface area contributed by atoms with Crippen molar-refractivity contribution in [2.75, 3.05) is 11.9 Å². The number of hydrogen-bond donors (Lipinski definition) is 1. The molecule has 18 heavy (non-hydrogen) atoms. The largest absolute Gasteiger partial charge is 0.356 e. The molecule has 1 atom stereocenters. The molecule has 2 aromatic rings. The van der Waals surface area contributed by atoms with Crippen molar-refractivity contribution < 1.29 is 0 Å². The van der Waals surface area contributed by atoms with Gasteiger partial charge in [-0.25, -0.2) is 4.98 Å². The number of nitrogens with one attached hydrogen (secondary N) is 1. The average Bonchev–Trinajstić information content (AvgIpc) is 2.88. The van der Waals surface area contributed by atoms with Crippen LogP contribution in [0.25, 0.3) is 0 Å². The minimum atomic E-state index is 0.192. The number of anilines is 1. The maximum Gasteiger partial charge on any atom is 0.203 e. The second-order valence-corrected chi connectivity index (χ2v) is 4.37. The summed E-state index contributed by atoms with van der Waals surface area (Å²) >= 11 is 0. The molecule has 1 N–H and O–H groups in total. The van der Waals surface area contributed by atoms with E-state index in [-0.39, 0.29) is 6.04 Å². The number of nitrogens with zero attached hydrogens (tertiary/aromatic N) is 3. The van der Waals surface area contributed by atoms with Crippen molar-refractivity contribution >= 4 is 5.95 Å². The van der Waals surface area contributed by atoms with E-state index in [4.69, 9.17) is 0 Å². The fraction of sp³-hybridized carbons (Fsp3) is 0.429. The topological polar surface area (TPSA) is 42.7 Å². The Balaban J connectivity index is 2.11. The fourth-order valence-corrected chi connectivity index (χ4v) is 1.91. The van der Waals surface area contributed by atoms with Gasteiger partial charge < -0.3 is 9.88 Å². The van der Waals surface area contributed by atoms with Crippen LogP contribution in [0.5, 0.6) is 0 Å². The lowest BCUT2D eigenvalue weighted by atomic mass is 10.2. The summed E-state index contributed by atoms with van der Waals surface area (Å²) in [6.07, 6.45) is 7.99. The molecule has 0 aliphatic rings. The molecule has 0 amide bonds. The van der Waals surface area contributed by atoms with Gasteiger partial charge in [-0.15, -0.1) is 0 Å². The molecule has 0 saturated carbocycles. The first-order valence-corrected chi connectivity index (χ1v) is 6.50. The van der Waals surface area contributed by atoms with Gasteiger partial charge in [-0.1, -0.05) is 19.4 Å². The first-order valence-electron chi connectivity index (χ1n) is 6.50. The van der Waals surface area contributed by atoms with Crippen LogP contribution < -0.4 is 5.32 Å². The van der Waals surface area contributed by atoms with E-state index in [2.05, 4.69) is 33.7 Å². The molecule has 0 aliphatic carbocycles. The number of unbranched alkanes of at least 4 members (excludes halogenated alkanes) is 1. The van der Waals surface area contributed by atoms with Crippen LogP contribution in [0.2, 0.25) is 0 Å². The first kappa shape index (κ1) is 12.6. The second-order valence-electron chi connectivity index (χ2n) is 4.37. The molecule has 96 valence electrons. The van der Waals surface area contributed by atoms with Crippen molar-refractivity contribution in [3.05, 3.63) is 42.5 Å². The summed E-state index contributed by atoms with van der Waals surface area (Å²) in [5.41, 5.74) is 1.05. The van der Waals surface area contributed by atoms with Gasteiger partial charge in [0.05, 0.1) is 11.7 Å². The van der Waals surface area contributed by atoms with Crippen molar-refractivity contribution in [1.29, 1.82) is 0 Å². The normalized spacial score (nSPS) is 12.3. The van der Waals surface area contributed by atoms with Crippen molar-refractivity contribution in [3.8, 4) is 0 Å². The van der Waals surface area contributed by atoms with Gasteiger partial charge in [0.2, 0.25) is 5.95 Å². The Morgan fingerprint density at radius 2 is 2.17 bits per heavy atom. The molecule has 0 radical (unpaired) electrons. The van der Waals surface area contributed by atoms with Crippen LogP contribution in [-0.2, 0) is 0 Å². The maximum atomic E-state index is 4.40. The van der Waals surface area contributed by atoms with Crippen molar-refractivity contribution in [2.45, 2.75) is 32.7 Å². The Kier molecular flexibility index (Phi) is 4.34. The van der Waals surface area contributed by atoms with Gasteiger partial charge in [0, 0.05) is 25.1 Å². The van der Waals surface area contributed by atoms with Crippen LogP contribution in [0.1, 0.15) is 38.4 Å². The van der Waals surface area contributed by atoms with E-state index in [9.17, 15) is 0 Å². The summed E-state index contributed by atoms with van der Waals surface area (Å²) < 4.78 is 2.12. The number of imidazole rings is 1. The Bertz CT molecular complexity index is 464. The van der Waals surface area contributed by atoms with Crippen LogP contribution in [0.4, 0.5) is 5.95 Å². The molecule has 0 bridgehead atoms. The first-order chi connectivity index (χ1) is 8.83. The van der Waals surface area contributed by atoms with Crippen LogP contribution in [0.15, 0.2) is 36.8 Å². The highest BCUT2D eigenvalue weighted by atomic mass is 15.2. The molecule has 2 rings (SSSR count). The minimum Gasteiger partial charge on any atom is -0.356 e. The minimum absolute atomic E-state index is 0.192. The lowest BCUT2D eigenvalue weighted by Gasteiger charge is -2.16. The van der Waals surface area contributed by atoms with E-state index in [1.165, 1.54) is 6.42 Å². The van der Waals surface area contributed by atoms with Gasteiger partial charge in [-0.2, -0.15) is 0 Å². The summed E-state index contributed by atoms with van der Waals surface area (Å²) in [4.78, 5) is 8.75. The van der Waals surface area contributed by atoms with Gasteiger partial charge in [0.1, 0.15) is 0 Å². The zero-order valence-corrected chi connectivity index (χ0v) is 11.0. The Labute approximate surface area is 108 Å². The standard InChI is InChI=1S/C14H20N4/c1-3-4-8-16-14-17-10-11-18(14)12(2)13-7-5-6-9-15-13/h5-7,9-12H,3-4,8H2,1-2H3,(H,16,17). The summed E-state index contributed by atoms with van der Waals surface area (Å²) in [5, 5.41) is 3.37. The van der Waals surface area contributed by atoms with Crippen LogP contribution in [-0.4, -0.2) is 21.1 Å². The van der Waals surface area contributed by atoms with Gasteiger partial charge in [0.25, 0.3) is 0 Å². The van der Waals surface area contributed by atoms with E-state index in [0.29, 0.717) is 0 Å². The van der Waals surface area contributed by atoms with Gasteiger partial charge >= 0.3 is 0 Å². The van der Waals surface area contributed by atoms with E-state index < -0.39 is 0 Å². The highest BCUT2D eigenvalue weighted by molar-refractivity contribution is 5.28. The third kappa shape index (κ3) is 2.88. The Morgan fingerprint density at radius 3 is 2.89 bits per heavy atom. The van der Waals surface area contributed by atoms with E-state index >= 15 is 0 Å². The molecule has 0 aromatic carbocycles. The zero-order valence-electron chi connectivity index (χ0n) is 11.0. The van der Waals surface area contributed by atoms with Crippen LogP contribution in [0.3, 0.4) is 0 Å². The lowest BCUT2D eigenvalue weighted by Crippen LogP contribution is -2.13. The highest BCUT2D eigenvalue weighted by Crippen LogP contribution is 2.19. The Hall–Kier alpha value is -1.84. The summed E-state index contributed by atoms with van der Waals surface area (Å²) in [6.45, 7) is 5.28. The van der Waals surface area contributed by atoms with Crippen LogP contribution in [0, 0.1) is 0 Å². The summed E-state index contributed by atoms with van der Waals surface area (Å²) in [6, 6.07) is 6.18. The monoisotopic (exact) mass is 244 g/mol. The molecule has 0 spiro atoms. The van der Waals surface area contributed by atoms with Gasteiger partial charge in [-0.3, -0.25) is 4.98 Å². The number of aromatic nitrogens is 3. The third-order valence-corrected chi connectivity index (χ3v) is 3.02. The van der Waals surface area contributed by atoms with Gasteiger partial charge in [-0.05, 0) is 25.5 Å². The Morgan fingerprint density at radius 1 is 1.28 bits per heavy atom. The predicted molar refractivity (Wildman–Crippen MR) is 73.7 cm³/mol. The van der Waals surface area contributed by atoms with Crippen molar-refractivity contribution in [1.82, 2.24) is 14.5 Å². The lowest BCUT2D eigenvalue weighted by molar-refractivity contribution is 0.623. The molecule has 4 nitrogen and oxygen atoms in total. The molecule has 0 fully saturated rings. The molecule has 1 unspecified atom stereocenters. The van der Waals surface area contributed by atoms with Crippen molar-refractivity contribution in [2.24, 2.45) is 0 Å². The second kappa shape index (κ2) is 6.19. The molecule has 0 aliphatic heterocycles. The number of pyridine rings is 1. The third-order valence-electron chi connectivity index (χ3n) is 3.02. The van der Waals surface area contributed by atoms with Crippen molar-refractivity contribution in [3.63, 3.8) is 0 Å². The molecular formula is C14H20N4. The molecule has 2 aromatic heterocycles. The van der Waals surface area contributed by atoms with E-state index in [1.807, 2.05) is 36.8 Å². The predicted octanol–water partition coefficient (Wildman–Crippen LogP) is 3.10. The molecular weight excluding hydrogens is 224 g/mol. The SMILES string of the molecule is CCCCNc1nccn1C(C)c1ccccn1. The highest BCUT2D eigenvalue weighted by Gasteiger charge is 2.12. The maximum absolute atomic E-state index is 4.40.